The summed E-state index contributed by atoms with van der Waals surface area (Å²) in [6.45, 7) is 4.84. The van der Waals surface area contributed by atoms with Crippen molar-refractivity contribution in [3.8, 4) is 5.75 Å². The number of unbranched alkanes of at least 4 members (excludes halogenated alkanes) is 4. The lowest BCUT2D eigenvalue weighted by molar-refractivity contribution is -0.114. The van der Waals surface area contributed by atoms with E-state index < -0.39 is 0 Å². The van der Waals surface area contributed by atoms with Crippen LogP contribution in [0.25, 0.3) is 6.08 Å². The van der Waals surface area contributed by atoms with Crippen LogP contribution in [0.5, 0.6) is 5.75 Å². The Morgan fingerprint density at radius 1 is 1.05 bits per heavy atom. The maximum atomic E-state index is 11.7. The largest absolute Gasteiger partial charge is 0.494 e. The van der Waals surface area contributed by atoms with Crippen LogP contribution in [0.3, 0.4) is 0 Å². The molecule has 0 saturated heterocycles. The van der Waals surface area contributed by atoms with Gasteiger partial charge < -0.3 is 4.74 Å². The highest BCUT2D eigenvalue weighted by Crippen LogP contribution is 2.13. The Morgan fingerprint density at radius 2 is 1.75 bits per heavy atom. The highest BCUT2D eigenvalue weighted by Gasteiger charge is 1.97. The first-order valence-corrected chi connectivity index (χ1v) is 7.70. The minimum absolute atomic E-state index is 0.218. The molecule has 0 amide bonds. The summed E-state index contributed by atoms with van der Waals surface area (Å²) >= 11 is 0. The van der Waals surface area contributed by atoms with Crippen molar-refractivity contribution >= 4 is 11.9 Å². The van der Waals surface area contributed by atoms with E-state index in [9.17, 15) is 4.79 Å². The van der Waals surface area contributed by atoms with E-state index in [4.69, 9.17) is 4.74 Å². The summed E-state index contributed by atoms with van der Waals surface area (Å²) in [5, 5.41) is 0. The van der Waals surface area contributed by atoms with Gasteiger partial charge in [-0.1, -0.05) is 50.8 Å². The van der Waals surface area contributed by atoms with Crippen molar-refractivity contribution < 1.29 is 9.53 Å². The zero-order valence-corrected chi connectivity index (χ0v) is 12.7. The van der Waals surface area contributed by atoms with Gasteiger partial charge in [-0.05, 0) is 37.1 Å². The molecule has 0 heterocycles. The van der Waals surface area contributed by atoms with Crippen molar-refractivity contribution in [2.24, 2.45) is 0 Å². The Balaban J connectivity index is 2.29. The van der Waals surface area contributed by atoms with E-state index in [0.29, 0.717) is 13.0 Å². The number of benzene rings is 1. The predicted molar refractivity (Wildman–Crippen MR) is 85.0 cm³/mol. The van der Waals surface area contributed by atoms with Crippen molar-refractivity contribution in [1.82, 2.24) is 0 Å². The standard InChI is InChI=1S/C18H26O2/c1-3-5-6-7-8-9-17(19)13-10-16-11-14-18(15-12-16)20-4-2/h10-15H,3-9H2,1-2H3/b13-10-. The lowest BCUT2D eigenvalue weighted by Gasteiger charge is -2.02. The number of hydrogen-bond donors (Lipinski definition) is 0. The van der Waals surface area contributed by atoms with Crippen LogP contribution in [-0.4, -0.2) is 12.4 Å². The zero-order chi connectivity index (χ0) is 14.6. The quantitative estimate of drug-likeness (QED) is 0.442. The Labute approximate surface area is 122 Å². The molecule has 0 unspecified atom stereocenters. The third-order valence-electron chi connectivity index (χ3n) is 3.18. The fourth-order valence-electron chi connectivity index (χ4n) is 2.02. The van der Waals surface area contributed by atoms with Crippen molar-refractivity contribution in [2.45, 2.75) is 52.4 Å². The summed E-state index contributed by atoms with van der Waals surface area (Å²) in [6, 6.07) is 7.79. The first kappa shape index (κ1) is 16.5. The Bertz CT molecular complexity index is 404. The van der Waals surface area contributed by atoms with Crippen LogP contribution in [-0.2, 0) is 4.79 Å². The molecular formula is C18H26O2. The van der Waals surface area contributed by atoms with E-state index >= 15 is 0 Å². The Kier molecular flexibility index (Phi) is 8.44. The number of rotatable bonds is 10. The van der Waals surface area contributed by atoms with E-state index in [2.05, 4.69) is 6.92 Å². The monoisotopic (exact) mass is 274 g/mol. The number of ether oxygens (including phenoxy) is 1. The number of carbonyl (C=O) groups is 1. The Morgan fingerprint density at radius 3 is 2.40 bits per heavy atom. The number of carbonyl (C=O) groups excluding carboxylic acids is 1. The lowest BCUT2D eigenvalue weighted by atomic mass is 10.1. The molecule has 0 saturated carbocycles. The summed E-state index contributed by atoms with van der Waals surface area (Å²) in [5.41, 5.74) is 1.03. The molecule has 1 aromatic carbocycles. The number of hydrogen-bond acceptors (Lipinski definition) is 2. The topological polar surface area (TPSA) is 26.3 Å². The molecule has 0 aromatic heterocycles. The highest BCUT2D eigenvalue weighted by atomic mass is 16.5. The second kappa shape index (κ2) is 10.2. The van der Waals surface area contributed by atoms with Gasteiger partial charge in [-0.3, -0.25) is 4.79 Å². The SMILES string of the molecule is CCCCCCCC(=O)/C=C\c1ccc(OCC)cc1. The molecule has 0 spiro atoms. The van der Waals surface area contributed by atoms with Crippen LogP contribution in [0.4, 0.5) is 0 Å². The molecule has 20 heavy (non-hydrogen) atoms. The smallest absolute Gasteiger partial charge is 0.155 e. The van der Waals surface area contributed by atoms with Crippen LogP contribution in [0, 0.1) is 0 Å². The molecular weight excluding hydrogens is 248 g/mol. The molecule has 0 aliphatic heterocycles. The van der Waals surface area contributed by atoms with Gasteiger partial charge in [0.15, 0.2) is 5.78 Å². The van der Waals surface area contributed by atoms with Crippen LogP contribution in [0.2, 0.25) is 0 Å². The average Bonchev–Trinajstić information content (AvgIpc) is 2.47. The van der Waals surface area contributed by atoms with E-state index in [-0.39, 0.29) is 5.78 Å². The van der Waals surface area contributed by atoms with Crippen LogP contribution in [0.15, 0.2) is 30.3 Å². The van der Waals surface area contributed by atoms with Gasteiger partial charge in [-0.15, -0.1) is 0 Å². The van der Waals surface area contributed by atoms with Gasteiger partial charge in [0.1, 0.15) is 5.75 Å². The molecule has 0 radical (unpaired) electrons. The van der Waals surface area contributed by atoms with Crippen molar-refractivity contribution in [2.75, 3.05) is 6.61 Å². The van der Waals surface area contributed by atoms with Gasteiger partial charge in [-0.2, -0.15) is 0 Å². The molecule has 0 bridgehead atoms. The van der Waals surface area contributed by atoms with Crippen molar-refractivity contribution in [3.05, 3.63) is 35.9 Å². The minimum Gasteiger partial charge on any atom is -0.494 e. The molecule has 110 valence electrons. The van der Waals surface area contributed by atoms with E-state index in [1.807, 2.05) is 37.3 Å². The normalized spacial score (nSPS) is 10.9. The summed E-state index contributed by atoms with van der Waals surface area (Å²) in [7, 11) is 0. The second-order valence-electron chi connectivity index (χ2n) is 4.97. The van der Waals surface area contributed by atoms with E-state index in [0.717, 1.165) is 24.2 Å². The number of allylic oxidation sites excluding steroid dienone is 1. The maximum absolute atomic E-state index is 11.7. The van der Waals surface area contributed by atoms with Gasteiger partial charge in [0.2, 0.25) is 0 Å². The van der Waals surface area contributed by atoms with E-state index in [1.54, 1.807) is 6.08 Å². The lowest BCUT2D eigenvalue weighted by Crippen LogP contribution is -1.92. The number of ketones is 1. The van der Waals surface area contributed by atoms with Crippen LogP contribution >= 0.6 is 0 Å². The molecule has 0 N–H and O–H groups in total. The second-order valence-corrected chi connectivity index (χ2v) is 4.97. The third-order valence-corrected chi connectivity index (χ3v) is 3.18. The summed E-state index contributed by atoms with van der Waals surface area (Å²) < 4.78 is 5.38. The minimum atomic E-state index is 0.218. The van der Waals surface area contributed by atoms with Gasteiger partial charge >= 0.3 is 0 Å². The van der Waals surface area contributed by atoms with Crippen LogP contribution < -0.4 is 4.74 Å². The molecule has 0 aliphatic carbocycles. The molecule has 0 fully saturated rings. The van der Waals surface area contributed by atoms with E-state index in [1.165, 1.54) is 19.3 Å². The molecule has 0 atom stereocenters. The maximum Gasteiger partial charge on any atom is 0.155 e. The van der Waals surface area contributed by atoms with Crippen molar-refractivity contribution in [3.63, 3.8) is 0 Å². The average molecular weight is 274 g/mol. The molecule has 2 nitrogen and oxygen atoms in total. The van der Waals surface area contributed by atoms with Crippen molar-refractivity contribution in [1.29, 1.82) is 0 Å². The van der Waals surface area contributed by atoms with Gasteiger partial charge in [-0.25, -0.2) is 0 Å². The van der Waals surface area contributed by atoms with Crippen LogP contribution in [0.1, 0.15) is 57.9 Å². The molecule has 2 heteroatoms. The third kappa shape index (κ3) is 7.13. The predicted octanol–water partition coefficient (Wildman–Crippen LogP) is 5.03. The first-order valence-electron chi connectivity index (χ1n) is 7.70. The Hall–Kier alpha value is -1.57. The van der Waals surface area contributed by atoms with Gasteiger partial charge in [0, 0.05) is 6.42 Å². The molecule has 0 aliphatic rings. The molecule has 1 rings (SSSR count). The van der Waals surface area contributed by atoms with Gasteiger partial charge in [0.05, 0.1) is 6.61 Å². The zero-order valence-electron chi connectivity index (χ0n) is 12.7. The fourth-order valence-corrected chi connectivity index (χ4v) is 2.02. The highest BCUT2D eigenvalue weighted by molar-refractivity contribution is 5.93. The summed E-state index contributed by atoms with van der Waals surface area (Å²) in [5.74, 6) is 1.09. The van der Waals surface area contributed by atoms with Gasteiger partial charge in [0.25, 0.3) is 0 Å². The first-order chi connectivity index (χ1) is 9.76. The molecule has 1 aromatic rings. The summed E-state index contributed by atoms with van der Waals surface area (Å²) in [4.78, 5) is 11.7. The summed E-state index contributed by atoms with van der Waals surface area (Å²) in [6.07, 6.45) is 10.2. The fraction of sp³-hybridized carbons (Fsp3) is 0.500.